The maximum Gasteiger partial charge on any atom is 0.282 e. The Kier molecular flexibility index (Phi) is 5.58. The third-order valence-electron chi connectivity index (χ3n) is 5.27. The number of hydrogen-bond donors (Lipinski definition) is 0. The Balaban J connectivity index is 1.84. The van der Waals surface area contributed by atoms with Gasteiger partial charge in [-0.05, 0) is 43.7 Å². The summed E-state index contributed by atoms with van der Waals surface area (Å²) in [5.74, 6) is -0.0943. The molecule has 5 nitrogen and oxygen atoms in total. The van der Waals surface area contributed by atoms with Gasteiger partial charge in [0.25, 0.3) is 11.8 Å². The number of rotatable bonds is 6. The van der Waals surface area contributed by atoms with E-state index >= 15 is 0 Å². The van der Waals surface area contributed by atoms with Crippen LogP contribution in [0.25, 0.3) is 5.57 Å². The molecule has 0 aromatic heterocycles. The fourth-order valence-corrected chi connectivity index (χ4v) is 3.70. The molecule has 0 fully saturated rings. The number of ether oxygens (including phenoxy) is 1. The zero-order chi connectivity index (χ0) is 22.0. The van der Waals surface area contributed by atoms with Gasteiger partial charge >= 0.3 is 0 Å². The van der Waals surface area contributed by atoms with Crippen LogP contribution in [0.15, 0.2) is 84.6 Å². The predicted molar refractivity (Wildman–Crippen MR) is 123 cm³/mol. The first-order chi connectivity index (χ1) is 15.0. The number of benzene rings is 3. The van der Waals surface area contributed by atoms with Gasteiger partial charge in [0.05, 0.1) is 17.9 Å². The van der Waals surface area contributed by atoms with E-state index in [-0.39, 0.29) is 11.8 Å². The van der Waals surface area contributed by atoms with Gasteiger partial charge in [0.1, 0.15) is 11.4 Å². The van der Waals surface area contributed by atoms with Crippen LogP contribution in [0.3, 0.4) is 0 Å². The van der Waals surface area contributed by atoms with E-state index in [4.69, 9.17) is 4.74 Å². The summed E-state index contributed by atoms with van der Waals surface area (Å²) in [6, 6.07) is 24.3. The number of nitrogens with zero attached hydrogens (tertiary/aromatic N) is 2. The van der Waals surface area contributed by atoms with Crippen LogP contribution in [0.1, 0.15) is 18.1 Å². The Morgan fingerprint density at radius 1 is 0.871 bits per heavy atom. The maximum absolute atomic E-state index is 13.6. The average Bonchev–Trinajstić information content (AvgIpc) is 3.05. The van der Waals surface area contributed by atoms with Gasteiger partial charge in [-0.3, -0.25) is 9.59 Å². The molecule has 1 aliphatic heterocycles. The molecule has 156 valence electrons. The van der Waals surface area contributed by atoms with Crippen LogP contribution in [0.4, 0.5) is 11.4 Å². The Morgan fingerprint density at radius 2 is 1.58 bits per heavy atom. The second kappa shape index (κ2) is 8.48. The highest BCUT2D eigenvalue weighted by atomic mass is 16.5. The van der Waals surface area contributed by atoms with E-state index < -0.39 is 0 Å². The second-order valence-electron chi connectivity index (χ2n) is 7.36. The summed E-state index contributed by atoms with van der Waals surface area (Å²) in [6.07, 6.45) is 0. The molecule has 4 rings (SSSR count). The van der Waals surface area contributed by atoms with Crippen LogP contribution >= 0.6 is 0 Å². The van der Waals surface area contributed by atoms with Crippen molar-refractivity contribution in [2.75, 3.05) is 23.5 Å². The third-order valence-corrected chi connectivity index (χ3v) is 5.27. The average molecular weight is 412 g/mol. The molecule has 5 heteroatoms. The molecule has 0 unspecified atom stereocenters. The van der Waals surface area contributed by atoms with Crippen molar-refractivity contribution < 1.29 is 14.3 Å². The van der Waals surface area contributed by atoms with Crippen molar-refractivity contribution in [2.24, 2.45) is 0 Å². The van der Waals surface area contributed by atoms with Crippen molar-refractivity contribution >= 4 is 28.8 Å². The standard InChI is InChI=1S/C26H24N2O3/c1-4-31-22-12-8-11-21(17-22)28-25(29)23(19-15-13-18(2)14-16-19)24(26(28)30)27(3)20-9-6-5-7-10-20/h5-17H,4H2,1-3H3. The molecule has 0 atom stereocenters. The number of carbonyl (C=O) groups excluding carboxylic acids is 2. The summed E-state index contributed by atoms with van der Waals surface area (Å²) in [7, 11) is 1.81. The highest BCUT2D eigenvalue weighted by Crippen LogP contribution is 2.37. The number of hydrogen-bond acceptors (Lipinski definition) is 4. The number of imide groups is 1. The Labute approximate surface area is 182 Å². The van der Waals surface area contributed by atoms with Gasteiger partial charge in [0, 0.05) is 18.8 Å². The summed E-state index contributed by atoms with van der Waals surface area (Å²) in [5.41, 5.74) is 3.85. The molecule has 0 saturated heterocycles. The maximum atomic E-state index is 13.6. The largest absolute Gasteiger partial charge is 0.494 e. The Bertz CT molecular complexity index is 1150. The van der Waals surface area contributed by atoms with Gasteiger partial charge in [-0.25, -0.2) is 4.90 Å². The van der Waals surface area contributed by atoms with Crippen molar-refractivity contribution in [3.05, 3.63) is 95.7 Å². The van der Waals surface area contributed by atoms with Crippen molar-refractivity contribution in [1.29, 1.82) is 0 Å². The van der Waals surface area contributed by atoms with Gasteiger partial charge in [-0.2, -0.15) is 0 Å². The summed E-state index contributed by atoms with van der Waals surface area (Å²) in [6.45, 7) is 4.38. The summed E-state index contributed by atoms with van der Waals surface area (Å²) in [5, 5.41) is 0. The van der Waals surface area contributed by atoms with E-state index in [2.05, 4.69) is 0 Å². The lowest BCUT2D eigenvalue weighted by Gasteiger charge is -2.21. The Morgan fingerprint density at radius 3 is 2.26 bits per heavy atom. The highest BCUT2D eigenvalue weighted by molar-refractivity contribution is 6.46. The third kappa shape index (κ3) is 3.82. The fraction of sp³-hybridized carbons (Fsp3) is 0.154. The molecular formula is C26H24N2O3. The molecule has 0 bridgehead atoms. The van der Waals surface area contributed by atoms with Gasteiger partial charge in [-0.1, -0.05) is 54.1 Å². The van der Waals surface area contributed by atoms with E-state index in [9.17, 15) is 9.59 Å². The molecule has 3 aromatic carbocycles. The SMILES string of the molecule is CCOc1cccc(N2C(=O)C(c3ccc(C)cc3)=C(N(C)c3ccccc3)C2=O)c1. The van der Waals surface area contributed by atoms with Crippen LogP contribution in [-0.4, -0.2) is 25.5 Å². The van der Waals surface area contributed by atoms with Gasteiger partial charge in [0.15, 0.2) is 0 Å². The van der Waals surface area contributed by atoms with Crippen LogP contribution in [0.5, 0.6) is 5.75 Å². The van der Waals surface area contributed by atoms with Crippen molar-refractivity contribution in [2.45, 2.75) is 13.8 Å². The minimum Gasteiger partial charge on any atom is -0.494 e. The monoisotopic (exact) mass is 412 g/mol. The first-order valence-corrected chi connectivity index (χ1v) is 10.2. The van der Waals surface area contributed by atoms with E-state index in [0.717, 1.165) is 11.3 Å². The van der Waals surface area contributed by atoms with E-state index in [1.54, 1.807) is 23.1 Å². The molecule has 0 spiro atoms. The molecule has 2 amide bonds. The lowest BCUT2D eigenvalue weighted by molar-refractivity contribution is -0.120. The van der Waals surface area contributed by atoms with Crippen LogP contribution < -0.4 is 14.5 Å². The fourth-order valence-electron chi connectivity index (χ4n) is 3.70. The van der Waals surface area contributed by atoms with E-state index in [1.165, 1.54) is 4.90 Å². The first kappa shape index (κ1) is 20.4. The van der Waals surface area contributed by atoms with Crippen molar-refractivity contribution in [3.8, 4) is 5.75 Å². The number of para-hydroxylation sites is 1. The zero-order valence-corrected chi connectivity index (χ0v) is 17.8. The molecule has 1 aliphatic rings. The van der Waals surface area contributed by atoms with Crippen molar-refractivity contribution in [1.82, 2.24) is 0 Å². The lowest BCUT2D eigenvalue weighted by atomic mass is 10.0. The predicted octanol–water partition coefficient (Wildman–Crippen LogP) is 4.81. The number of anilines is 2. The Hall–Kier alpha value is -3.86. The molecule has 31 heavy (non-hydrogen) atoms. The smallest absolute Gasteiger partial charge is 0.282 e. The molecule has 0 radical (unpaired) electrons. The molecule has 0 saturated carbocycles. The molecule has 3 aromatic rings. The van der Waals surface area contributed by atoms with Crippen LogP contribution in [-0.2, 0) is 9.59 Å². The topological polar surface area (TPSA) is 49.9 Å². The zero-order valence-electron chi connectivity index (χ0n) is 17.8. The summed E-state index contributed by atoms with van der Waals surface area (Å²) >= 11 is 0. The van der Waals surface area contributed by atoms with Crippen LogP contribution in [0.2, 0.25) is 0 Å². The lowest BCUT2D eigenvalue weighted by Crippen LogP contribution is -2.34. The number of amides is 2. The summed E-state index contributed by atoms with van der Waals surface area (Å²) < 4.78 is 5.57. The first-order valence-electron chi connectivity index (χ1n) is 10.2. The van der Waals surface area contributed by atoms with Crippen molar-refractivity contribution in [3.63, 3.8) is 0 Å². The van der Waals surface area contributed by atoms with Gasteiger partial charge in [0.2, 0.25) is 0 Å². The molecule has 0 aliphatic carbocycles. The number of carbonyl (C=O) groups is 2. The number of likely N-dealkylation sites (N-methyl/N-ethyl adjacent to an activating group) is 1. The molecule has 0 N–H and O–H groups in total. The van der Waals surface area contributed by atoms with Gasteiger partial charge < -0.3 is 9.64 Å². The second-order valence-corrected chi connectivity index (χ2v) is 7.36. The summed E-state index contributed by atoms with van der Waals surface area (Å²) in [4.78, 5) is 30.2. The highest BCUT2D eigenvalue weighted by Gasteiger charge is 2.42. The minimum absolute atomic E-state index is 0.347. The van der Waals surface area contributed by atoms with Gasteiger partial charge in [-0.15, -0.1) is 0 Å². The molecular weight excluding hydrogens is 388 g/mol. The van der Waals surface area contributed by atoms with Crippen LogP contribution in [0, 0.1) is 6.92 Å². The minimum atomic E-state index is -0.361. The van der Waals surface area contributed by atoms with E-state index in [0.29, 0.717) is 34.9 Å². The normalized spacial score (nSPS) is 13.7. The number of aryl methyl sites for hydroxylation is 1. The molecule has 1 heterocycles. The quantitative estimate of drug-likeness (QED) is 0.545. The van der Waals surface area contributed by atoms with E-state index in [1.807, 2.05) is 81.6 Å².